The number of anilines is 1. The lowest BCUT2D eigenvalue weighted by Crippen LogP contribution is -2.15. The molecule has 5 nitrogen and oxygen atoms in total. The van der Waals surface area contributed by atoms with Crippen LogP contribution in [-0.2, 0) is 18.9 Å². The van der Waals surface area contributed by atoms with E-state index in [2.05, 4.69) is 15.4 Å². The highest BCUT2D eigenvalue weighted by atomic mass is 19.4. The van der Waals surface area contributed by atoms with Crippen LogP contribution in [-0.4, -0.2) is 20.7 Å². The van der Waals surface area contributed by atoms with E-state index in [-0.39, 0.29) is 17.3 Å². The summed E-state index contributed by atoms with van der Waals surface area (Å²) in [6, 6.07) is 12.3. The zero-order valence-electron chi connectivity index (χ0n) is 17.7. The predicted octanol–water partition coefficient (Wildman–Crippen LogP) is 6.28. The van der Waals surface area contributed by atoms with E-state index in [9.17, 15) is 31.1 Å². The van der Waals surface area contributed by atoms with E-state index in [1.54, 1.807) is 12.3 Å². The minimum absolute atomic E-state index is 0.0776. The van der Waals surface area contributed by atoms with Gasteiger partial charge >= 0.3 is 12.4 Å². The van der Waals surface area contributed by atoms with Crippen LogP contribution in [0.2, 0.25) is 0 Å². The molecule has 0 fully saturated rings. The van der Waals surface area contributed by atoms with Crippen molar-refractivity contribution in [3.63, 3.8) is 0 Å². The van der Waals surface area contributed by atoms with Crippen molar-refractivity contribution in [2.24, 2.45) is 0 Å². The first-order valence-electron chi connectivity index (χ1n) is 10.1. The number of carbonyl (C=O) groups excluding carboxylic acids is 1. The summed E-state index contributed by atoms with van der Waals surface area (Å²) in [5.41, 5.74) is -1.17. The van der Waals surface area contributed by atoms with Crippen LogP contribution in [0.3, 0.4) is 0 Å². The lowest BCUT2D eigenvalue weighted by Gasteiger charge is -2.16. The Morgan fingerprint density at radius 3 is 2.29 bits per heavy atom. The van der Waals surface area contributed by atoms with Crippen LogP contribution in [0.1, 0.15) is 27.0 Å². The Bertz CT molecular complexity index is 1350. The Morgan fingerprint density at radius 1 is 0.857 bits per heavy atom. The molecule has 2 aromatic heterocycles. The van der Waals surface area contributed by atoms with Crippen molar-refractivity contribution in [2.75, 3.05) is 5.32 Å². The van der Waals surface area contributed by atoms with E-state index >= 15 is 0 Å². The van der Waals surface area contributed by atoms with E-state index in [0.29, 0.717) is 6.07 Å². The number of carbonyl (C=O) groups is 1. The Labute approximate surface area is 195 Å². The molecule has 35 heavy (non-hydrogen) atoms. The van der Waals surface area contributed by atoms with Crippen LogP contribution in [0.4, 0.5) is 32.0 Å². The summed E-state index contributed by atoms with van der Waals surface area (Å²) in [6.07, 6.45) is -4.42. The molecule has 180 valence electrons. The molecule has 0 radical (unpaired) electrons. The third kappa shape index (κ3) is 5.68. The number of aromatic nitrogens is 3. The van der Waals surface area contributed by atoms with E-state index in [4.69, 9.17) is 0 Å². The standard InChI is InChI=1S/C24H16F6N4O/c25-23(26,27)19-7-6-16(21(9-19)24(28,29)30)13-34-14-20(12-32-34)33-22(35)18-8-17(10-31-11-18)15-4-2-1-3-5-15/h1-12,14H,13H2,(H,33,35). The quantitative estimate of drug-likeness (QED) is 0.335. The molecular weight excluding hydrogens is 474 g/mol. The van der Waals surface area contributed by atoms with Crippen LogP contribution in [0.5, 0.6) is 0 Å². The maximum atomic E-state index is 13.4. The van der Waals surface area contributed by atoms with Gasteiger partial charge in [-0.25, -0.2) is 0 Å². The molecule has 2 aromatic carbocycles. The zero-order valence-corrected chi connectivity index (χ0v) is 17.7. The molecule has 0 atom stereocenters. The largest absolute Gasteiger partial charge is 0.416 e. The number of amides is 1. The first-order chi connectivity index (χ1) is 16.5. The molecule has 0 saturated carbocycles. The summed E-state index contributed by atoms with van der Waals surface area (Å²) >= 11 is 0. The predicted molar refractivity (Wildman–Crippen MR) is 115 cm³/mol. The van der Waals surface area contributed by atoms with Gasteiger partial charge in [-0.05, 0) is 29.3 Å². The van der Waals surface area contributed by atoms with Crippen LogP contribution < -0.4 is 5.32 Å². The topological polar surface area (TPSA) is 59.8 Å². The highest BCUT2D eigenvalue weighted by molar-refractivity contribution is 6.04. The molecule has 0 bridgehead atoms. The molecule has 11 heteroatoms. The third-order valence-electron chi connectivity index (χ3n) is 5.07. The van der Waals surface area contributed by atoms with Crippen LogP contribution in [0.25, 0.3) is 11.1 Å². The van der Waals surface area contributed by atoms with Gasteiger partial charge in [0.1, 0.15) is 0 Å². The van der Waals surface area contributed by atoms with Crippen molar-refractivity contribution >= 4 is 11.6 Å². The monoisotopic (exact) mass is 490 g/mol. The maximum Gasteiger partial charge on any atom is 0.416 e. The average molecular weight is 490 g/mol. The summed E-state index contributed by atoms with van der Waals surface area (Å²) in [5.74, 6) is -0.514. The summed E-state index contributed by atoms with van der Waals surface area (Å²) in [5, 5.41) is 6.50. The molecule has 0 aliphatic heterocycles. The molecule has 0 aliphatic rings. The van der Waals surface area contributed by atoms with Crippen molar-refractivity contribution < 1.29 is 31.1 Å². The Morgan fingerprint density at radius 2 is 1.60 bits per heavy atom. The van der Waals surface area contributed by atoms with Crippen LogP contribution >= 0.6 is 0 Å². The minimum Gasteiger partial charge on any atom is -0.319 e. The number of hydrogen-bond donors (Lipinski definition) is 1. The van der Waals surface area contributed by atoms with E-state index in [1.165, 1.54) is 18.6 Å². The van der Waals surface area contributed by atoms with Gasteiger partial charge in [0.05, 0.1) is 35.1 Å². The lowest BCUT2D eigenvalue weighted by atomic mass is 10.0. The molecule has 0 saturated heterocycles. The van der Waals surface area contributed by atoms with E-state index in [1.807, 2.05) is 30.3 Å². The van der Waals surface area contributed by atoms with E-state index in [0.717, 1.165) is 21.9 Å². The summed E-state index contributed by atoms with van der Waals surface area (Å²) in [6.45, 7) is -0.450. The number of benzene rings is 2. The number of rotatable bonds is 5. The number of nitrogens with zero attached hydrogens (tertiary/aromatic N) is 3. The minimum atomic E-state index is -4.99. The number of hydrogen-bond acceptors (Lipinski definition) is 3. The van der Waals surface area contributed by atoms with Crippen LogP contribution in [0, 0.1) is 0 Å². The van der Waals surface area contributed by atoms with Gasteiger partial charge in [0.2, 0.25) is 0 Å². The first kappa shape index (κ1) is 24.0. The molecular formula is C24H16F6N4O. The highest BCUT2D eigenvalue weighted by Crippen LogP contribution is 2.37. The second-order valence-electron chi connectivity index (χ2n) is 7.58. The van der Waals surface area contributed by atoms with Crippen molar-refractivity contribution in [1.29, 1.82) is 0 Å². The smallest absolute Gasteiger partial charge is 0.319 e. The molecule has 0 aliphatic carbocycles. The normalized spacial score (nSPS) is 11.9. The summed E-state index contributed by atoms with van der Waals surface area (Å²) in [7, 11) is 0. The van der Waals surface area contributed by atoms with Crippen molar-refractivity contribution in [3.05, 3.63) is 102 Å². The average Bonchev–Trinajstić information content (AvgIpc) is 3.25. The number of pyridine rings is 1. The molecule has 2 heterocycles. The summed E-state index contributed by atoms with van der Waals surface area (Å²) < 4.78 is 79.8. The van der Waals surface area contributed by atoms with Gasteiger partial charge < -0.3 is 5.32 Å². The Kier molecular flexibility index (Phi) is 6.33. The van der Waals surface area contributed by atoms with Crippen molar-refractivity contribution in [3.8, 4) is 11.1 Å². The zero-order chi connectivity index (χ0) is 25.2. The fourth-order valence-electron chi connectivity index (χ4n) is 3.40. The second-order valence-corrected chi connectivity index (χ2v) is 7.58. The fourth-order valence-corrected chi connectivity index (χ4v) is 3.40. The summed E-state index contributed by atoms with van der Waals surface area (Å²) in [4.78, 5) is 16.7. The first-order valence-corrected chi connectivity index (χ1v) is 10.1. The fraction of sp³-hybridized carbons (Fsp3) is 0.125. The third-order valence-corrected chi connectivity index (χ3v) is 5.07. The van der Waals surface area contributed by atoms with Gasteiger partial charge in [-0.15, -0.1) is 0 Å². The van der Waals surface area contributed by atoms with Crippen LogP contribution in [0.15, 0.2) is 79.4 Å². The number of alkyl halides is 6. The maximum absolute atomic E-state index is 13.4. The molecule has 4 aromatic rings. The number of nitrogens with one attached hydrogen (secondary N) is 1. The Balaban J connectivity index is 1.51. The van der Waals surface area contributed by atoms with Gasteiger partial charge in [0, 0.05) is 24.2 Å². The van der Waals surface area contributed by atoms with Gasteiger partial charge in [-0.3, -0.25) is 14.5 Å². The highest BCUT2D eigenvalue weighted by Gasteiger charge is 2.38. The van der Waals surface area contributed by atoms with Gasteiger partial charge in [0.25, 0.3) is 5.91 Å². The molecule has 1 amide bonds. The Hall–Kier alpha value is -4.15. The van der Waals surface area contributed by atoms with Gasteiger partial charge in [-0.1, -0.05) is 36.4 Å². The van der Waals surface area contributed by atoms with Gasteiger partial charge in [0.15, 0.2) is 0 Å². The molecule has 4 rings (SSSR count). The van der Waals surface area contributed by atoms with Crippen molar-refractivity contribution in [1.82, 2.24) is 14.8 Å². The molecule has 0 unspecified atom stereocenters. The lowest BCUT2D eigenvalue weighted by molar-refractivity contribution is -0.143. The molecule has 0 spiro atoms. The van der Waals surface area contributed by atoms with Gasteiger partial charge in [-0.2, -0.15) is 31.4 Å². The SMILES string of the molecule is O=C(Nc1cnn(Cc2ccc(C(F)(F)F)cc2C(F)(F)F)c1)c1cncc(-c2ccccc2)c1. The van der Waals surface area contributed by atoms with E-state index < -0.39 is 41.5 Å². The number of halogens is 6. The van der Waals surface area contributed by atoms with Crippen molar-refractivity contribution in [2.45, 2.75) is 18.9 Å². The molecule has 1 N–H and O–H groups in total. The second kappa shape index (κ2) is 9.24.